The lowest BCUT2D eigenvalue weighted by Crippen LogP contribution is -2.48. The Labute approximate surface area is 103 Å². The average Bonchev–Trinajstić information content (AvgIpc) is 2.34. The molecule has 1 aliphatic heterocycles. The molecule has 0 radical (unpaired) electrons. The molecular formula is C14H21NO2. The summed E-state index contributed by atoms with van der Waals surface area (Å²) in [6.07, 6.45) is 1.11. The fraction of sp³-hybridized carbons (Fsp3) is 0.571. The summed E-state index contributed by atoms with van der Waals surface area (Å²) in [6.45, 7) is 5.70. The number of benzene rings is 1. The Bertz CT molecular complexity index is 378. The second kappa shape index (κ2) is 5.52. The van der Waals surface area contributed by atoms with E-state index in [4.69, 9.17) is 9.47 Å². The van der Waals surface area contributed by atoms with Crippen molar-refractivity contribution in [2.45, 2.75) is 32.4 Å². The standard InChI is InChI=1S/C14H21NO2/c1-10-4-5-12(8-11(10)2)17-14-9-16-7-6-13(14)15-3/h4-5,8,13-15H,6-7,9H2,1-3H3. The molecule has 1 saturated heterocycles. The van der Waals surface area contributed by atoms with Gasteiger partial charge in [-0.05, 0) is 50.6 Å². The lowest BCUT2D eigenvalue weighted by molar-refractivity contribution is -0.0129. The normalized spacial score (nSPS) is 24.6. The van der Waals surface area contributed by atoms with Crippen LogP contribution in [0.1, 0.15) is 17.5 Å². The predicted octanol–water partition coefficient (Wildman–Crippen LogP) is 2.06. The van der Waals surface area contributed by atoms with Gasteiger partial charge in [0.25, 0.3) is 0 Å². The molecule has 2 atom stereocenters. The van der Waals surface area contributed by atoms with E-state index in [1.54, 1.807) is 0 Å². The zero-order valence-corrected chi connectivity index (χ0v) is 10.8. The van der Waals surface area contributed by atoms with E-state index in [1.165, 1.54) is 11.1 Å². The van der Waals surface area contributed by atoms with Crippen LogP contribution in [0.15, 0.2) is 18.2 Å². The molecule has 1 aromatic rings. The van der Waals surface area contributed by atoms with Crippen molar-refractivity contribution >= 4 is 0 Å². The molecule has 1 aliphatic rings. The quantitative estimate of drug-likeness (QED) is 0.870. The van der Waals surface area contributed by atoms with E-state index in [-0.39, 0.29) is 6.10 Å². The van der Waals surface area contributed by atoms with Crippen LogP contribution in [-0.2, 0) is 4.74 Å². The van der Waals surface area contributed by atoms with Crippen LogP contribution < -0.4 is 10.1 Å². The number of aryl methyl sites for hydroxylation is 2. The van der Waals surface area contributed by atoms with Crippen molar-refractivity contribution in [3.8, 4) is 5.75 Å². The summed E-state index contributed by atoms with van der Waals surface area (Å²) >= 11 is 0. The Hall–Kier alpha value is -1.06. The van der Waals surface area contributed by atoms with Crippen molar-refractivity contribution < 1.29 is 9.47 Å². The maximum absolute atomic E-state index is 6.01. The average molecular weight is 235 g/mol. The van der Waals surface area contributed by atoms with Gasteiger partial charge in [-0.1, -0.05) is 6.07 Å². The number of nitrogens with one attached hydrogen (secondary N) is 1. The molecule has 3 heteroatoms. The third kappa shape index (κ3) is 2.99. The van der Waals surface area contributed by atoms with Crippen LogP contribution in [0.25, 0.3) is 0 Å². The van der Waals surface area contributed by atoms with Crippen molar-refractivity contribution in [1.29, 1.82) is 0 Å². The topological polar surface area (TPSA) is 30.5 Å². The first kappa shape index (κ1) is 12.4. The van der Waals surface area contributed by atoms with E-state index >= 15 is 0 Å². The first-order chi connectivity index (χ1) is 8.20. The highest BCUT2D eigenvalue weighted by Gasteiger charge is 2.26. The van der Waals surface area contributed by atoms with Gasteiger partial charge in [-0.2, -0.15) is 0 Å². The summed E-state index contributed by atoms with van der Waals surface area (Å²) in [4.78, 5) is 0. The molecule has 0 aromatic heterocycles. The Morgan fingerprint density at radius 2 is 2.12 bits per heavy atom. The van der Waals surface area contributed by atoms with Crippen LogP contribution >= 0.6 is 0 Å². The molecule has 1 fully saturated rings. The zero-order chi connectivity index (χ0) is 12.3. The smallest absolute Gasteiger partial charge is 0.137 e. The molecule has 2 rings (SSSR count). The highest BCUT2D eigenvalue weighted by atomic mass is 16.5. The molecule has 0 aliphatic carbocycles. The SMILES string of the molecule is CNC1CCOCC1Oc1ccc(C)c(C)c1. The lowest BCUT2D eigenvalue weighted by atomic mass is 10.1. The van der Waals surface area contributed by atoms with Crippen molar-refractivity contribution in [2.75, 3.05) is 20.3 Å². The predicted molar refractivity (Wildman–Crippen MR) is 68.6 cm³/mol. The molecule has 1 heterocycles. The van der Waals surface area contributed by atoms with E-state index < -0.39 is 0 Å². The van der Waals surface area contributed by atoms with Gasteiger partial charge in [0.1, 0.15) is 11.9 Å². The Morgan fingerprint density at radius 1 is 1.29 bits per heavy atom. The first-order valence-corrected chi connectivity index (χ1v) is 6.19. The minimum Gasteiger partial charge on any atom is -0.486 e. The van der Waals surface area contributed by atoms with Gasteiger partial charge in [-0.15, -0.1) is 0 Å². The maximum Gasteiger partial charge on any atom is 0.137 e. The molecule has 1 aromatic carbocycles. The molecule has 0 amide bonds. The number of hydrogen-bond acceptors (Lipinski definition) is 3. The Kier molecular flexibility index (Phi) is 4.02. The molecule has 17 heavy (non-hydrogen) atoms. The monoisotopic (exact) mass is 235 g/mol. The highest BCUT2D eigenvalue weighted by molar-refractivity contribution is 5.34. The van der Waals surface area contributed by atoms with Crippen LogP contribution in [0, 0.1) is 13.8 Å². The number of rotatable bonds is 3. The van der Waals surface area contributed by atoms with Gasteiger partial charge in [0.2, 0.25) is 0 Å². The molecule has 0 bridgehead atoms. The van der Waals surface area contributed by atoms with Crippen LogP contribution in [0.3, 0.4) is 0 Å². The van der Waals surface area contributed by atoms with E-state index in [9.17, 15) is 0 Å². The lowest BCUT2D eigenvalue weighted by Gasteiger charge is -2.31. The van der Waals surface area contributed by atoms with Gasteiger partial charge in [0.15, 0.2) is 0 Å². The van der Waals surface area contributed by atoms with Crippen LogP contribution in [0.5, 0.6) is 5.75 Å². The van der Waals surface area contributed by atoms with E-state index in [2.05, 4.69) is 31.3 Å². The minimum atomic E-state index is 0.107. The third-order valence-electron chi connectivity index (χ3n) is 3.44. The van der Waals surface area contributed by atoms with Crippen molar-refractivity contribution in [3.63, 3.8) is 0 Å². The van der Waals surface area contributed by atoms with E-state index in [0.29, 0.717) is 12.6 Å². The summed E-state index contributed by atoms with van der Waals surface area (Å²) in [5.74, 6) is 0.934. The first-order valence-electron chi connectivity index (χ1n) is 6.19. The molecule has 1 N–H and O–H groups in total. The van der Waals surface area contributed by atoms with Crippen molar-refractivity contribution in [1.82, 2.24) is 5.32 Å². The van der Waals surface area contributed by atoms with Crippen molar-refractivity contribution in [3.05, 3.63) is 29.3 Å². The zero-order valence-electron chi connectivity index (χ0n) is 10.8. The van der Waals surface area contributed by atoms with E-state index in [1.807, 2.05) is 13.1 Å². The molecule has 0 spiro atoms. The molecular weight excluding hydrogens is 214 g/mol. The molecule has 0 saturated carbocycles. The minimum absolute atomic E-state index is 0.107. The number of likely N-dealkylation sites (N-methyl/N-ethyl adjacent to an activating group) is 1. The van der Waals surface area contributed by atoms with Gasteiger partial charge >= 0.3 is 0 Å². The molecule has 94 valence electrons. The summed E-state index contributed by atoms with van der Waals surface area (Å²) in [7, 11) is 1.98. The Morgan fingerprint density at radius 3 is 2.82 bits per heavy atom. The van der Waals surface area contributed by atoms with Crippen molar-refractivity contribution in [2.24, 2.45) is 0 Å². The maximum atomic E-state index is 6.01. The van der Waals surface area contributed by atoms with Gasteiger partial charge in [-0.25, -0.2) is 0 Å². The van der Waals surface area contributed by atoms with Gasteiger partial charge in [-0.3, -0.25) is 0 Å². The number of hydrogen-bond donors (Lipinski definition) is 1. The van der Waals surface area contributed by atoms with Crippen LogP contribution in [-0.4, -0.2) is 32.4 Å². The highest BCUT2D eigenvalue weighted by Crippen LogP contribution is 2.20. The Balaban J connectivity index is 2.05. The summed E-state index contributed by atoms with van der Waals surface area (Å²) in [5.41, 5.74) is 2.56. The van der Waals surface area contributed by atoms with Gasteiger partial charge in [0, 0.05) is 12.6 Å². The molecule has 2 unspecified atom stereocenters. The second-order valence-electron chi connectivity index (χ2n) is 4.66. The molecule has 3 nitrogen and oxygen atoms in total. The van der Waals surface area contributed by atoms with Gasteiger partial charge < -0.3 is 14.8 Å². The summed E-state index contributed by atoms with van der Waals surface area (Å²) in [5, 5.41) is 3.30. The van der Waals surface area contributed by atoms with Crippen LogP contribution in [0.2, 0.25) is 0 Å². The van der Waals surface area contributed by atoms with E-state index in [0.717, 1.165) is 18.8 Å². The van der Waals surface area contributed by atoms with Gasteiger partial charge in [0.05, 0.1) is 6.61 Å². The second-order valence-corrected chi connectivity index (χ2v) is 4.66. The summed E-state index contributed by atoms with van der Waals surface area (Å²) in [6, 6.07) is 6.61. The fourth-order valence-electron chi connectivity index (χ4n) is 2.12. The summed E-state index contributed by atoms with van der Waals surface area (Å²) < 4.78 is 11.5. The van der Waals surface area contributed by atoms with Crippen LogP contribution in [0.4, 0.5) is 0 Å². The fourth-order valence-corrected chi connectivity index (χ4v) is 2.12. The number of ether oxygens (including phenoxy) is 2. The third-order valence-corrected chi connectivity index (χ3v) is 3.44. The largest absolute Gasteiger partial charge is 0.486 e.